The second-order valence-corrected chi connectivity index (χ2v) is 9.56. The first kappa shape index (κ1) is 22.1. The van der Waals surface area contributed by atoms with Crippen LogP contribution in [0.25, 0.3) is 6.08 Å². The van der Waals surface area contributed by atoms with Crippen LogP contribution in [0.1, 0.15) is 12.5 Å². The molecule has 1 aromatic carbocycles. The van der Waals surface area contributed by atoms with Gasteiger partial charge in [-0.25, -0.2) is 13.2 Å². The Morgan fingerprint density at radius 2 is 1.89 bits per heavy atom. The molecule has 1 aromatic heterocycles. The highest BCUT2D eigenvalue weighted by atomic mass is 35.5. The third kappa shape index (κ3) is 6.16. The number of sulfonamides is 1. The lowest BCUT2D eigenvalue weighted by Crippen LogP contribution is -2.34. The first-order chi connectivity index (χ1) is 13.2. The molecule has 0 saturated heterocycles. The van der Waals surface area contributed by atoms with Crippen molar-refractivity contribution >= 4 is 56.6 Å². The monoisotopic (exact) mass is 442 g/mol. The number of carbonyl (C=O) groups is 2. The third-order valence-electron chi connectivity index (χ3n) is 3.47. The molecule has 0 aliphatic carbocycles. The molecule has 0 aliphatic rings. The van der Waals surface area contributed by atoms with Gasteiger partial charge < -0.3 is 10.1 Å². The summed E-state index contributed by atoms with van der Waals surface area (Å²) in [5.41, 5.74) is 1.25. The van der Waals surface area contributed by atoms with Crippen molar-refractivity contribution in [2.24, 2.45) is 0 Å². The van der Waals surface area contributed by atoms with Crippen molar-refractivity contribution in [3.05, 3.63) is 52.4 Å². The fourth-order valence-electron chi connectivity index (χ4n) is 2.11. The summed E-state index contributed by atoms with van der Waals surface area (Å²) >= 11 is 6.71. The van der Waals surface area contributed by atoms with Crippen LogP contribution < -0.4 is 5.32 Å². The number of nitrogens with one attached hydrogen (secondary N) is 1. The molecule has 7 nitrogen and oxygen atoms in total. The maximum absolute atomic E-state index is 12.4. The number of hydrogen-bond acceptors (Lipinski definition) is 6. The molecule has 1 amide bonds. The molecule has 150 valence electrons. The van der Waals surface area contributed by atoms with Crippen molar-refractivity contribution < 1.29 is 22.7 Å². The smallest absolute Gasteiger partial charge is 0.330 e. The number of esters is 1. The number of anilines is 1. The lowest BCUT2D eigenvalue weighted by Gasteiger charge is -2.15. The van der Waals surface area contributed by atoms with E-state index < -0.39 is 21.9 Å². The van der Waals surface area contributed by atoms with Gasteiger partial charge in [-0.3, -0.25) is 4.79 Å². The summed E-state index contributed by atoms with van der Waals surface area (Å²) in [6, 6.07) is 9.61. The molecule has 2 aromatic rings. The second kappa shape index (κ2) is 9.83. The number of ether oxygens (including phenoxy) is 1. The lowest BCUT2D eigenvalue weighted by atomic mass is 10.2. The van der Waals surface area contributed by atoms with E-state index in [1.54, 1.807) is 37.3 Å². The third-order valence-corrected chi connectivity index (χ3v) is 6.97. The lowest BCUT2D eigenvalue weighted by molar-refractivity contribution is -0.137. The average Bonchev–Trinajstić information content (AvgIpc) is 3.08. The number of benzene rings is 1. The van der Waals surface area contributed by atoms with E-state index in [0.29, 0.717) is 16.6 Å². The van der Waals surface area contributed by atoms with E-state index >= 15 is 0 Å². The summed E-state index contributed by atoms with van der Waals surface area (Å²) in [6.45, 7) is 1.68. The van der Waals surface area contributed by atoms with E-state index in [2.05, 4.69) is 5.32 Å². The maximum Gasteiger partial charge on any atom is 0.330 e. The average molecular weight is 443 g/mol. The Morgan fingerprint density at radius 3 is 2.46 bits per heavy atom. The fourth-order valence-corrected chi connectivity index (χ4v) is 4.93. The van der Waals surface area contributed by atoms with Gasteiger partial charge >= 0.3 is 5.97 Å². The Hall–Kier alpha value is -2.20. The normalized spacial score (nSPS) is 11.7. The number of likely N-dealkylation sites (N-methyl/N-ethyl adjacent to an activating group) is 1. The molecule has 0 radical (unpaired) electrons. The molecule has 1 N–H and O–H groups in total. The topological polar surface area (TPSA) is 92.8 Å². The van der Waals surface area contributed by atoms with Crippen molar-refractivity contribution in [1.29, 1.82) is 0 Å². The molecule has 2 rings (SSSR count). The summed E-state index contributed by atoms with van der Waals surface area (Å²) in [6.07, 6.45) is 2.91. The van der Waals surface area contributed by atoms with Gasteiger partial charge in [0, 0.05) is 18.8 Å². The van der Waals surface area contributed by atoms with Crippen molar-refractivity contribution in [1.82, 2.24) is 4.31 Å². The molecule has 28 heavy (non-hydrogen) atoms. The highest BCUT2D eigenvalue weighted by Crippen LogP contribution is 2.27. The van der Waals surface area contributed by atoms with E-state index in [1.807, 2.05) is 0 Å². The van der Waals surface area contributed by atoms with Crippen LogP contribution >= 0.6 is 22.9 Å². The maximum atomic E-state index is 12.4. The summed E-state index contributed by atoms with van der Waals surface area (Å²) in [4.78, 5) is 23.5. The summed E-state index contributed by atoms with van der Waals surface area (Å²) < 4.78 is 31.0. The van der Waals surface area contributed by atoms with Gasteiger partial charge in [-0.1, -0.05) is 23.7 Å². The predicted molar refractivity (Wildman–Crippen MR) is 110 cm³/mol. The molecular formula is C18H19ClN2O5S2. The number of thiophene rings is 1. The Morgan fingerprint density at radius 1 is 1.21 bits per heavy atom. The van der Waals surface area contributed by atoms with Crippen molar-refractivity contribution in [2.45, 2.75) is 11.1 Å². The largest absolute Gasteiger partial charge is 0.463 e. The van der Waals surface area contributed by atoms with Crippen LogP contribution in [0.2, 0.25) is 4.34 Å². The van der Waals surface area contributed by atoms with Crippen LogP contribution in [0.15, 0.2) is 46.7 Å². The van der Waals surface area contributed by atoms with Crippen molar-refractivity contribution in [2.75, 3.05) is 25.5 Å². The zero-order valence-corrected chi connectivity index (χ0v) is 17.6. The van der Waals surface area contributed by atoms with Gasteiger partial charge in [-0.05, 0) is 42.8 Å². The van der Waals surface area contributed by atoms with Crippen LogP contribution in [-0.4, -0.2) is 44.8 Å². The van der Waals surface area contributed by atoms with Crippen molar-refractivity contribution in [3.63, 3.8) is 0 Å². The Bertz CT molecular complexity index is 968. The van der Waals surface area contributed by atoms with E-state index in [9.17, 15) is 18.0 Å². The van der Waals surface area contributed by atoms with Gasteiger partial charge in [0.05, 0.1) is 17.5 Å². The van der Waals surface area contributed by atoms with E-state index in [4.69, 9.17) is 16.3 Å². The predicted octanol–water partition coefficient (Wildman–Crippen LogP) is 3.24. The van der Waals surface area contributed by atoms with Gasteiger partial charge in [-0.2, -0.15) is 4.31 Å². The summed E-state index contributed by atoms with van der Waals surface area (Å²) in [5, 5.41) is 2.63. The van der Waals surface area contributed by atoms with E-state index in [1.165, 1.54) is 25.3 Å². The molecular weight excluding hydrogens is 424 g/mol. The highest BCUT2D eigenvalue weighted by Gasteiger charge is 2.24. The molecule has 0 bridgehead atoms. The molecule has 0 unspecified atom stereocenters. The first-order valence-electron chi connectivity index (χ1n) is 8.19. The number of carbonyl (C=O) groups excluding carboxylic acids is 2. The quantitative estimate of drug-likeness (QED) is 0.500. The van der Waals surface area contributed by atoms with Gasteiger partial charge in [0.1, 0.15) is 4.21 Å². The second-order valence-electron chi connectivity index (χ2n) is 5.58. The van der Waals surface area contributed by atoms with Gasteiger partial charge in [0.15, 0.2) is 0 Å². The van der Waals surface area contributed by atoms with Crippen LogP contribution in [-0.2, 0) is 24.3 Å². The Labute approximate surface area is 172 Å². The molecule has 0 aliphatic heterocycles. The zero-order valence-electron chi connectivity index (χ0n) is 15.2. The van der Waals surface area contributed by atoms with Crippen LogP contribution in [0.5, 0.6) is 0 Å². The number of rotatable bonds is 8. The Kier molecular flexibility index (Phi) is 7.76. The number of nitrogens with zero attached hydrogens (tertiary/aromatic N) is 1. The zero-order chi connectivity index (χ0) is 20.7. The minimum absolute atomic E-state index is 0.0746. The molecule has 0 atom stereocenters. The van der Waals surface area contributed by atoms with Gasteiger partial charge in [0.25, 0.3) is 10.0 Å². The van der Waals surface area contributed by atoms with Crippen LogP contribution in [0.3, 0.4) is 0 Å². The Balaban J connectivity index is 1.94. The number of amides is 1. The van der Waals surface area contributed by atoms with E-state index in [-0.39, 0.29) is 10.8 Å². The van der Waals surface area contributed by atoms with Crippen molar-refractivity contribution in [3.8, 4) is 0 Å². The number of hydrogen-bond donors (Lipinski definition) is 1. The van der Waals surface area contributed by atoms with Crippen LogP contribution in [0.4, 0.5) is 5.69 Å². The van der Waals surface area contributed by atoms with E-state index in [0.717, 1.165) is 21.2 Å². The first-order valence-corrected chi connectivity index (χ1v) is 10.8. The molecule has 10 heteroatoms. The fraction of sp³-hybridized carbons (Fsp3) is 0.222. The number of halogens is 1. The molecule has 1 heterocycles. The minimum atomic E-state index is -3.78. The molecule has 0 saturated carbocycles. The van der Waals surface area contributed by atoms with Crippen LogP contribution in [0, 0.1) is 0 Å². The summed E-state index contributed by atoms with van der Waals surface area (Å²) in [5.74, 6) is -0.917. The van der Waals surface area contributed by atoms with Gasteiger partial charge in [-0.15, -0.1) is 11.3 Å². The minimum Gasteiger partial charge on any atom is -0.463 e. The molecule has 0 fully saturated rings. The standard InChI is InChI=1S/C18H19ClN2O5S2/c1-3-26-17(23)10-6-13-4-7-14(8-5-13)20-16(22)12-21(2)28(24,25)18-11-9-15(19)27-18/h4-11H,3,12H2,1-2H3,(H,20,22)/b10-6+. The van der Waals surface area contributed by atoms with Gasteiger partial charge in [0.2, 0.25) is 5.91 Å². The molecule has 0 spiro atoms. The highest BCUT2D eigenvalue weighted by molar-refractivity contribution is 7.91. The SMILES string of the molecule is CCOC(=O)/C=C/c1ccc(NC(=O)CN(C)S(=O)(=O)c2ccc(Cl)s2)cc1. The summed E-state index contributed by atoms with van der Waals surface area (Å²) in [7, 11) is -2.45.